The number of nitrogens with one attached hydrogen (secondary N) is 2. The molecule has 166 valence electrons. The Morgan fingerprint density at radius 2 is 1.78 bits per heavy atom. The van der Waals surface area contributed by atoms with Gasteiger partial charge >= 0.3 is 12.3 Å². The maximum Gasteiger partial charge on any atom is 0.416 e. The van der Waals surface area contributed by atoms with E-state index in [4.69, 9.17) is 5.11 Å². The number of alkyl halides is 3. The van der Waals surface area contributed by atoms with E-state index in [2.05, 4.69) is 10.4 Å². The molecule has 3 N–H and O–H groups in total. The highest BCUT2D eigenvalue weighted by atomic mass is 19.4. The summed E-state index contributed by atoms with van der Waals surface area (Å²) < 4.78 is 41.2. The van der Waals surface area contributed by atoms with Gasteiger partial charge in [0.1, 0.15) is 0 Å². The van der Waals surface area contributed by atoms with Crippen LogP contribution in [0.2, 0.25) is 0 Å². The lowest BCUT2D eigenvalue weighted by Gasteiger charge is -2.17. The number of nitrogens with zero attached hydrogens (tertiary/aromatic N) is 2. The maximum atomic E-state index is 13.2. The van der Waals surface area contributed by atoms with Crippen molar-refractivity contribution in [2.24, 2.45) is 0 Å². The molecule has 0 atom stereocenters. The van der Waals surface area contributed by atoms with Gasteiger partial charge in [0.05, 0.1) is 29.0 Å². The van der Waals surface area contributed by atoms with Crippen molar-refractivity contribution in [2.75, 3.05) is 10.6 Å². The van der Waals surface area contributed by atoms with Crippen LogP contribution in [0, 0.1) is 6.92 Å². The highest BCUT2D eigenvalue weighted by molar-refractivity contribution is 6.12. The van der Waals surface area contributed by atoms with Gasteiger partial charge in [0, 0.05) is 18.0 Å². The molecule has 11 heteroatoms. The summed E-state index contributed by atoms with van der Waals surface area (Å²) in [6.45, 7) is 1.16. The van der Waals surface area contributed by atoms with E-state index in [1.807, 2.05) is 5.32 Å². The number of hydrogen-bond donors (Lipinski definition) is 3. The predicted octanol–water partition coefficient (Wildman–Crippen LogP) is 4.50. The first-order chi connectivity index (χ1) is 15.0. The molecule has 3 rings (SSSR count). The number of Topliss-reactive ketones (excluding diaryl/α,β-unsaturated/α-hetero) is 1. The number of halogens is 3. The number of amides is 2. The fourth-order valence-corrected chi connectivity index (χ4v) is 3.02. The summed E-state index contributed by atoms with van der Waals surface area (Å²) in [6, 6.07) is 9.61. The molecular weight excluding hydrogens is 429 g/mol. The summed E-state index contributed by atoms with van der Waals surface area (Å²) in [5.41, 5.74) is -1.13. The largest absolute Gasteiger partial charge is 0.465 e. The molecular formula is C21H17F3N4O4. The fourth-order valence-electron chi connectivity index (χ4n) is 3.02. The lowest BCUT2D eigenvalue weighted by atomic mass is 10.0. The minimum Gasteiger partial charge on any atom is -0.465 e. The highest BCUT2D eigenvalue weighted by Gasteiger charge is 2.33. The minimum absolute atomic E-state index is 0.205. The number of carbonyl (C=O) groups excluding carboxylic acids is 2. The molecule has 0 saturated heterocycles. The normalized spacial score (nSPS) is 11.1. The second-order valence-electron chi connectivity index (χ2n) is 6.79. The van der Waals surface area contributed by atoms with E-state index >= 15 is 0 Å². The van der Waals surface area contributed by atoms with Crippen LogP contribution < -0.4 is 10.6 Å². The number of aryl methyl sites for hydroxylation is 1. The predicted molar refractivity (Wildman–Crippen MR) is 109 cm³/mol. The van der Waals surface area contributed by atoms with Crippen LogP contribution in [0.3, 0.4) is 0 Å². The molecule has 3 aromatic rings. The molecule has 0 aliphatic carbocycles. The van der Waals surface area contributed by atoms with Gasteiger partial charge in [-0.05, 0) is 42.8 Å². The zero-order valence-corrected chi connectivity index (χ0v) is 16.6. The van der Waals surface area contributed by atoms with Gasteiger partial charge in [-0.2, -0.15) is 18.3 Å². The molecule has 8 nitrogen and oxygen atoms in total. The quantitative estimate of drug-likeness (QED) is 0.381. The Labute approximate surface area is 179 Å². The highest BCUT2D eigenvalue weighted by Crippen LogP contribution is 2.37. The van der Waals surface area contributed by atoms with Crippen molar-refractivity contribution < 1.29 is 32.7 Å². The van der Waals surface area contributed by atoms with Crippen molar-refractivity contribution in [3.63, 3.8) is 0 Å². The number of anilines is 2. The number of carbonyl (C=O) groups is 3. The number of hydrogen-bond acceptors (Lipinski definition) is 4. The Morgan fingerprint density at radius 1 is 1.06 bits per heavy atom. The SMILES string of the molecule is Cc1cc(NC(=O)O)c(NC(=O)CC(=O)c2cccc(-n3cccn3)c2)cc1C(F)(F)F. The topological polar surface area (TPSA) is 113 Å². The Hall–Kier alpha value is -4.15. The van der Waals surface area contributed by atoms with E-state index in [-0.39, 0.29) is 16.8 Å². The van der Waals surface area contributed by atoms with Crippen LogP contribution in [-0.2, 0) is 11.0 Å². The van der Waals surface area contributed by atoms with E-state index in [0.717, 1.165) is 13.0 Å². The number of rotatable bonds is 6. The van der Waals surface area contributed by atoms with Gasteiger partial charge in [0.25, 0.3) is 0 Å². The zero-order chi connectivity index (χ0) is 23.5. The summed E-state index contributed by atoms with van der Waals surface area (Å²) in [5, 5.41) is 17.1. The van der Waals surface area contributed by atoms with Gasteiger partial charge in [-0.1, -0.05) is 12.1 Å². The third kappa shape index (κ3) is 5.31. The van der Waals surface area contributed by atoms with Crippen molar-refractivity contribution in [3.8, 4) is 5.69 Å². The van der Waals surface area contributed by atoms with Gasteiger partial charge in [0.15, 0.2) is 5.78 Å². The first-order valence-electron chi connectivity index (χ1n) is 9.19. The van der Waals surface area contributed by atoms with Crippen LogP contribution in [0.4, 0.5) is 29.3 Å². The zero-order valence-electron chi connectivity index (χ0n) is 16.6. The summed E-state index contributed by atoms with van der Waals surface area (Å²) in [5.74, 6) is -1.47. The molecule has 32 heavy (non-hydrogen) atoms. The average molecular weight is 446 g/mol. The van der Waals surface area contributed by atoms with Crippen LogP contribution >= 0.6 is 0 Å². The standard InChI is InChI=1S/C21H17F3N4O4/c1-12-8-16(27-20(31)32)17(10-15(12)21(22,23)24)26-19(30)11-18(29)13-4-2-5-14(9-13)28-7-3-6-25-28/h2-10,27H,11H2,1H3,(H,26,30)(H,31,32). The molecule has 0 aliphatic heterocycles. The fraction of sp³-hybridized carbons (Fsp3) is 0.143. The minimum atomic E-state index is -4.71. The molecule has 0 aliphatic rings. The lowest BCUT2D eigenvalue weighted by Crippen LogP contribution is -2.20. The summed E-state index contributed by atoms with van der Waals surface area (Å²) >= 11 is 0. The molecule has 0 bridgehead atoms. The molecule has 0 fully saturated rings. The van der Waals surface area contributed by atoms with Crippen molar-refractivity contribution in [3.05, 3.63) is 71.5 Å². The third-order valence-corrected chi connectivity index (χ3v) is 4.44. The smallest absolute Gasteiger partial charge is 0.416 e. The Kier molecular flexibility index (Phi) is 6.28. The van der Waals surface area contributed by atoms with Crippen molar-refractivity contribution in [1.29, 1.82) is 0 Å². The van der Waals surface area contributed by atoms with Gasteiger partial charge in [0.2, 0.25) is 5.91 Å². The Bertz CT molecular complexity index is 1170. The molecule has 0 spiro atoms. The molecule has 1 aromatic heterocycles. The van der Waals surface area contributed by atoms with Crippen molar-refractivity contribution >= 4 is 29.2 Å². The van der Waals surface area contributed by atoms with Crippen LogP contribution in [0.5, 0.6) is 0 Å². The number of aromatic nitrogens is 2. The van der Waals surface area contributed by atoms with E-state index in [9.17, 15) is 27.6 Å². The van der Waals surface area contributed by atoms with Gasteiger partial charge in [-0.25, -0.2) is 9.48 Å². The molecule has 0 saturated carbocycles. The summed E-state index contributed by atoms with van der Waals surface area (Å²) in [4.78, 5) is 35.9. The van der Waals surface area contributed by atoms with Crippen LogP contribution in [0.1, 0.15) is 27.9 Å². The number of carboxylic acid groups (broad SMARTS) is 1. The third-order valence-electron chi connectivity index (χ3n) is 4.44. The van der Waals surface area contributed by atoms with E-state index in [1.54, 1.807) is 30.6 Å². The van der Waals surface area contributed by atoms with Crippen molar-refractivity contribution in [2.45, 2.75) is 19.5 Å². The maximum absolute atomic E-state index is 13.2. The lowest BCUT2D eigenvalue weighted by molar-refractivity contribution is -0.138. The van der Waals surface area contributed by atoms with E-state index < -0.39 is 41.6 Å². The van der Waals surface area contributed by atoms with Crippen molar-refractivity contribution in [1.82, 2.24) is 9.78 Å². The van der Waals surface area contributed by atoms with Gasteiger partial charge in [-0.15, -0.1) is 0 Å². The van der Waals surface area contributed by atoms with Crippen LogP contribution in [0.15, 0.2) is 54.9 Å². The molecule has 2 amide bonds. The van der Waals surface area contributed by atoms with Crippen LogP contribution in [0.25, 0.3) is 5.69 Å². The monoisotopic (exact) mass is 446 g/mol. The first-order valence-corrected chi connectivity index (χ1v) is 9.19. The van der Waals surface area contributed by atoms with Crippen LogP contribution in [-0.4, -0.2) is 32.7 Å². The second kappa shape index (κ2) is 8.92. The van der Waals surface area contributed by atoms with E-state index in [0.29, 0.717) is 11.8 Å². The molecule has 0 radical (unpaired) electrons. The van der Waals surface area contributed by atoms with E-state index in [1.165, 1.54) is 16.8 Å². The number of benzene rings is 2. The molecule has 1 heterocycles. The average Bonchev–Trinajstić information content (AvgIpc) is 3.23. The Balaban J connectivity index is 1.81. The summed E-state index contributed by atoms with van der Waals surface area (Å²) in [6.07, 6.45) is -3.67. The molecule has 2 aromatic carbocycles. The Morgan fingerprint density at radius 3 is 2.41 bits per heavy atom. The van der Waals surface area contributed by atoms with Gasteiger partial charge < -0.3 is 10.4 Å². The second-order valence-corrected chi connectivity index (χ2v) is 6.79. The van der Waals surface area contributed by atoms with Gasteiger partial charge in [-0.3, -0.25) is 14.9 Å². The number of ketones is 1. The first kappa shape index (κ1) is 22.5. The molecule has 0 unspecified atom stereocenters. The summed E-state index contributed by atoms with van der Waals surface area (Å²) in [7, 11) is 0.